The molecule has 1 aliphatic carbocycles. The van der Waals surface area contributed by atoms with Gasteiger partial charge in [-0.2, -0.15) is 0 Å². The SMILES string of the molecule is CN=C(NCCn1c(C)nc2ccccc21)NCC1(c2ccccc2)CC1. The topological polar surface area (TPSA) is 54.2 Å². The minimum Gasteiger partial charge on any atom is -0.356 e. The fourth-order valence-electron chi connectivity index (χ4n) is 3.75. The van der Waals surface area contributed by atoms with Crippen molar-refractivity contribution in [1.82, 2.24) is 20.2 Å². The number of benzene rings is 2. The van der Waals surface area contributed by atoms with Gasteiger partial charge in [0.2, 0.25) is 0 Å². The lowest BCUT2D eigenvalue weighted by molar-refractivity contribution is 0.628. The van der Waals surface area contributed by atoms with Crippen molar-refractivity contribution in [2.24, 2.45) is 4.99 Å². The number of nitrogens with zero attached hydrogens (tertiary/aromatic N) is 3. The van der Waals surface area contributed by atoms with Gasteiger partial charge in [0, 0.05) is 32.1 Å². The molecule has 27 heavy (non-hydrogen) atoms. The van der Waals surface area contributed by atoms with Crippen LogP contribution >= 0.6 is 0 Å². The third kappa shape index (κ3) is 3.68. The summed E-state index contributed by atoms with van der Waals surface area (Å²) in [6, 6.07) is 19.1. The quantitative estimate of drug-likeness (QED) is 0.523. The van der Waals surface area contributed by atoms with Crippen LogP contribution in [0.1, 0.15) is 24.2 Å². The Balaban J connectivity index is 1.33. The average molecular weight is 361 g/mol. The fraction of sp³-hybridized carbons (Fsp3) is 0.364. The van der Waals surface area contributed by atoms with Gasteiger partial charge in [-0.25, -0.2) is 4.98 Å². The summed E-state index contributed by atoms with van der Waals surface area (Å²) in [6.45, 7) is 4.64. The molecule has 0 amide bonds. The number of rotatable bonds is 6. The molecular weight excluding hydrogens is 334 g/mol. The molecule has 1 heterocycles. The summed E-state index contributed by atoms with van der Waals surface area (Å²) in [5, 5.41) is 6.96. The van der Waals surface area contributed by atoms with Gasteiger partial charge in [0.1, 0.15) is 5.82 Å². The molecule has 1 aromatic heterocycles. The van der Waals surface area contributed by atoms with E-state index < -0.39 is 0 Å². The maximum absolute atomic E-state index is 4.63. The van der Waals surface area contributed by atoms with Crippen LogP contribution < -0.4 is 10.6 Å². The second kappa shape index (κ2) is 7.43. The first-order valence-corrected chi connectivity index (χ1v) is 9.64. The van der Waals surface area contributed by atoms with E-state index in [2.05, 4.69) is 80.6 Å². The first kappa shape index (κ1) is 17.6. The zero-order chi connectivity index (χ0) is 18.7. The highest BCUT2D eigenvalue weighted by atomic mass is 15.2. The molecular formula is C22H27N5. The molecule has 0 unspecified atom stereocenters. The van der Waals surface area contributed by atoms with E-state index in [1.54, 1.807) is 0 Å². The Morgan fingerprint density at radius 1 is 1.07 bits per heavy atom. The Labute approximate surface area is 160 Å². The van der Waals surface area contributed by atoms with Gasteiger partial charge in [0.05, 0.1) is 11.0 Å². The highest BCUT2D eigenvalue weighted by Gasteiger charge is 2.43. The predicted octanol–water partition coefficient (Wildman–Crippen LogP) is 3.24. The lowest BCUT2D eigenvalue weighted by Gasteiger charge is -2.19. The lowest BCUT2D eigenvalue weighted by atomic mass is 9.96. The molecule has 3 aromatic rings. The molecule has 2 aromatic carbocycles. The van der Waals surface area contributed by atoms with E-state index in [1.807, 2.05) is 13.1 Å². The number of fused-ring (bicyclic) bond motifs is 1. The molecule has 5 heteroatoms. The maximum atomic E-state index is 4.63. The lowest BCUT2D eigenvalue weighted by Crippen LogP contribution is -2.42. The van der Waals surface area contributed by atoms with Gasteiger partial charge in [-0.05, 0) is 37.5 Å². The second-order valence-corrected chi connectivity index (χ2v) is 7.30. The van der Waals surface area contributed by atoms with Crippen molar-refractivity contribution in [3.63, 3.8) is 0 Å². The average Bonchev–Trinajstić information content (AvgIpc) is 3.43. The Morgan fingerprint density at radius 2 is 1.81 bits per heavy atom. The summed E-state index contributed by atoms with van der Waals surface area (Å²) in [7, 11) is 1.83. The largest absolute Gasteiger partial charge is 0.356 e. The zero-order valence-electron chi connectivity index (χ0n) is 16.1. The van der Waals surface area contributed by atoms with E-state index in [9.17, 15) is 0 Å². The number of hydrogen-bond donors (Lipinski definition) is 2. The molecule has 0 bridgehead atoms. The van der Waals surface area contributed by atoms with Crippen LogP contribution in [0.3, 0.4) is 0 Å². The normalized spacial score (nSPS) is 15.7. The number of hydrogen-bond acceptors (Lipinski definition) is 2. The van der Waals surface area contributed by atoms with Crippen molar-refractivity contribution in [2.45, 2.75) is 31.7 Å². The molecule has 1 aliphatic rings. The van der Waals surface area contributed by atoms with Crippen LogP contribution in [0.5, 0.6) is 0 Å². The fourth-order valence-corrected chi connectivity index (χ4v) is 3.75. The Morgan fingerprint density at radius 3 is 2.56 bits per heavy atom. The molecule has 0 saturated heterocycles. The Bertz CT molecular complexity index is 938. The minimum absolute atomic E-state index is 0.274. The van der Waals surface area contributed by atoms with Gasteiger partial charge in [-0.1, -0.05) is 42.5 Å². The predicted molar refractivity (Wildman–Crippen MR) is 111 cm³/mol. The molecule has 0 radical (unpaired) electrons. The monoisotopic (exact) mass is 361 g/mol. The summed E-state index contributed by atoms with van der Waals surface area (Å²) in [5.41, 5.74) is 3.93. The van der Waals surface area contributed by atoms with Crippen LogP contribution in [0.15, 0.2) is 59.6 Å². The highest BCUT2D eigenvalue weighted by molar-refractivity contribution is 5.80. The van der Waals surface area contributed by atoms with Gasteiger partial charge in [-0.3, -0.25) is 4.99 Å². The summed E-state index contributed by atoms with van der Waals surface area (Å²) in [6.07, 6.45) is 2.47. The van der Waals surface area contributed by atoms with Crippen LogP contribution in [-0.2, 0) is 12.0 Å². The number of aromatic nitrogens is 2. The van der Waals surface area contributed by atoms with Crippen LogP contribution in [0, 0.1) is 6.92 Å². The Hall–Kier alpha value is -2.82. The molecule has 0 spiro atoms. The van der Waals surface area contributed by atoms with Gasteiger partial charge in [-0.15, -0.1) is 0 Å². The number of aliphatic imine (C=N–C) groups is 1. The van der Waals surface area contributed by atoms with Crippen LogP contribution in [0.25, 0.3) is 11.0 Å². The third-order valence-electron chi connectivity index (χ3n) is 5.53. The first-order chi connectivity index (χ1) is 13.2. The maximum Gasteiger partial charge on any atom is 0.191 e. The van der Waals surface area contributed by atoms with E-state index in [0.29, 0.717) is 0 Å². The first-order valence-electron chi connectivity index (χ1n) is 9.64. The molecule has 1 fully saturated rings. The van der Waals surface area contributed by atoms with Crippen LogP contribution in [0.2, 0.25) is 0 Å². The van der Waals surface area contributed by atoms with E-state index in [0.717, 1.165) is 36.9 Å². The molecule has 2 N–H and O–H groups in total. The molecule has 0 aliphatic heterocycles. The van der Waals surface area contributed by atoms with Crippen molar-refractivity contribution in [3.8, 4) is 0 Å². The highest BCUT2D eigenvalue weighted by Crippen LogP contribution is 2.47. The molecule has 5 nitrogen and oxygen atoms in total. The van der Waals surface area contributed by atoms with Gasteiger partial charge >= 0.3 is 0 Å². The number of imidazole rings is 1. The van der Waals surface area contributed by atoms with Crippen molar-refractivity contribution in [1.29, 1.82) is 0 Å². The van der Waals surface area contributed by atoms with Crippen molar-refractivity contribution in [3.05, 3.63) is 66.0 Å². The summed E-state index contributed by atoms with van der Waals surface area (Å²) >= 11 is 0. The number of nitrogens with one attached hydrogen (secondary N) is 2. The zero-order valence-corrected chi connectivity index (χ0v) is 16.1. The summed E-state index contributed by atoms with van der Waals surface area (Å²) in [4.78, 5) is 9.02. The molecule has 1 saturated carbocycles. The number of aryl methyl sites for hydroxylation is 1. The van der Waals surface area contributed by atoms with Gasteiger partial charge in [0.15, 0.2) is 5.96 Å². The summed E-state index contributed by atoms with van der Waals surface area (Å²) < 4.78 is 2.25. The van der Waals surface area contributed by atoms with E-state index in [1.165, 1.54) is 23.9 Å². The second-order valence-electron chi connectivity index (χ2n) is 7.30. The van der Waals surface area contributed by atoms with Crippen molar-refractivity contribution >= 4 is 17.0 Å². The minimum atomic E-state index is 0.274. The molecule has 4 rings (SSSR count). The number of para-hydroxylation sites is 2. The van der Waals surface area contributed by atoms with Crippen molar-refractivity contribution < 1.29 is 0 Å². The van der Waals surface area contributed by atoms with Crippen LogP contribution in [-0.4, -0.2) is 35.6 Å². The molecule has 0 atom stereocenters. The summed E-state index contributed by atoms with van der Waals surface area (Å²) in [5.74, 6) is 1.90. The third-order valence-corrected chi connectivity index (χ3v) is 5.53. The van der Waals surface area contributed by atoms with Gasteiger partial charge < -0.3 is 15.2 Å². The van der Waals surface area contributed by atoms with Crippen LogP contribution in [0.4, 0.5) is 0 Å². The van der Waals surface area contributed by atoms with E-state index in [-0.39, 0.29) is 5.41 Å². The standard InChI is InChI=1S/C22H27N5/c1-17-26-19-10-6-7-11-20(19)27(17)15-14-24-21(23-2)25-16-22(12-13-22)18-8-4-3-5-9-18/h3-11H,12-16H2,1-2H3,(H2,23,24,25). The van der Waals surface area contributed by atoms with E-state index in [4.69, 9.17) is 0 Å². The van der Waals surface area contributed by atoms with Gasteiger partial charge in [0.25, 0.3) is 0 Å². The number of guanidine groups is 1. The smallest absolute Gasteiger partial charge is 0.191 e. The Kier molecular flexibility index (Phi) is 4.84. The molecule has 140 valence electrons. The van der Waals surface area contributed by atoms with E-state index >= 15 is 0 Å². The van der Waals surface area contributed by atoms with Crippen molar-refractivity contribution in [2.75, 3.05) is 20.1 Å².